The summed E-state index contributed by atoms with van der Waals surface area (Å²) in [6.45, 7) is -1.46. The number of carboxylic acids is 4. The van der Waals surface area contributed by atoms with Crippen molar-refractivity contribution in [3.05, 3.63) is 0 Å². The van der Waals surface area contributed by atoms with Crippen molar-refractivity contribution in [2.75, 3.05) is 19.6 Å². The van der Waals surface area contributed by atoms with E-state index >= 15 is 0 Å². The largest absolute Gasteiger partial charge is 0.481 e. The second kappa shape index (κ2) is 11.4. The third kappa shape index (κ3) is 11.5. The molecule has 0 saturated heterocycles. The lowest BCUT2D eigenvalue weighted by atomic mass is 9.90. The van der Waals surface area contributed by atoms with E-state index < -0.39 is 55.3 Å². The van der Waals surface area contributed by atoms with Crippen molar-refractivity contribution in [2.24, 2.45) is 0 Å². The lowest BCUT2D eigenvalue weighted by Gasteiger charge is -2.31. The van der Waals surface area contributed by atoms with Gasteiger partial charge in [0.1, 0.15) is 0 Å². The Morgan fingerprint density at radius 1 is 0.727 bits per heavy atom. The first-order valence-electron chi connectivity index (χ1n) is 5.50. The Hall–Kier alpha value is -2.28. The molecule has 0 bridgehead atoms. The van der Waals surface area contributed by atoms with Gasteiger partial charge in [0, 0.05) is 6.54 Å². The van der Waals surface area contributed by atoms with Crippen LogP contribution in [0.4, 0.5) is 0 Å². The van der Waals surface area contributed by atoms with Gasteiger partial charge in [0.25, 0.3) is 0 Å². The summed E-state index contributed by atoms with van der Waals surface area (Å²) in [6, 6.07) is 0. The summed E-state index contributed by atoms with van der Waals surface area (Å²) in [5, 5.41) is 39.4. The quantitative estimate of drug-likeness (QED) is 0.217. The monoisotopic (exact) mass is 328 g/mol. The van der Waals surface area contributed by atoms with Gasteiger partial charge >= 0.3 is 23.9 Å². The molecule has 10 N–H and O–H groups in total. The first-order chi connectivity index (χ1) is 9.17. The average molecular weight is 328 g/mol. The predicted molar refractivity (Wildman–Crippen MR) is 70.6 cm³/mol. The van der Waals surface area contributed by atoms with E-state index in [1.807, 2.05) is 0 Å². The molecule has 12 nitrogen and oxygen atoms in total. The van der Waals surface area contributed by atoms with Crippen molar-refractivity contribution in [3.8, 4) is 0 Å². The standard InChI is InChI=1S/C10H16N2O8.2H2O/c13-6(14)1-10(2-7(15)16,12-4-9(19)20)5-11-3-8(17)18;;/h11-12H,1-5H2,(H,13,14)(H,15,16)(H,17,18)(H,19,20);2*1H2. The summed E-state index contributed by atoms with van der Waals surface area (Å²) in [6.07, 6.45) is -1.33. The molecule has 0 aromatic rings. The molecule has 0 amide bonds. The fourth-order valence-corrected chi connectivity index (χ4v) is 1.63. The van der Waals surface area contributed by atoms with Crippen LogP contribution in [0.3, 0.4) is 0 Å². The molecule has 0 radical (unpaired) electrons. The highest BCUT2D eigenvalue weighted by Gasteiger charge is 2.35. The highest BCUT2D eigenvalue weighted by Crippen LogP contribution is 2.15. The lowest BCUT2D eigenvalue weighted by Crippen LogP contribution is -2.56. The third-order valence-corrected chi connectivity index (χ3v) is 2.33. The second-order valence-electron chi connectivity index (χ2n) is 4.17. The number of hydrogen-bond donors (Lipinski definition) is 6. The van der Waals surface area contributed by atoms with Gasteiger partial charge in [0.05, 0.1) is 31.5 Å². The number of carbonyl (C=O) groups is 4. The zero-order chi connectivity index (χ0) is 15.8. The van der Waals surface area contributed by atoms with E-state index in [1.165, 1.54) is 0 Å². The minimum absolute atomic E-state index is 0. The minimum Gasteiger partial charge on any atom is -0.481 e. The van der Waals surface area contributed by atoms with E-state index in [1.54, 1.807) is 0 Å². The molecule has 0 spiro atoms. The van der Waals surface area contributed by atoms with Gasteiger partial charge in [-0.2, -0.15) is 0 Å². The molecule has 0 aromatic heterocycles. The van der Waals surface area contributed by atoms with Gasteiger partial charge in [-0.05, 0) is 0 Å². The van der Waals surface area contributed by atoms with Crippen LogP contribution in [0.15, 0.2) is 0 Å². The SMILES string of the molecule is O.O.O=C(O)CNCC(CC(=O)O)(CC(=O)O)NCC(=O)O. The fourth-order valence-electron chi connectivity index (χ4n) is 1.63. The van der Waals surface area contributed by atoms with Crippen LogP contribution in [-0.2, 0) is 19.2 Å². The van der Waals surface area contributed by atoms with Crippen LogP contribution in [-0.4, -0.2) is 80.4 Å². The van der Waals surface area contributed by atoms with Crippen LogP contribution >= 0.6 is 0 Å². The highest BCUT2D eigenvalue weighted by atomic mass is 16.4. The third-order valence-electron chi connectivity index (χ3n) is 2.33. The Kier molecular flexibility index (Phi) is 12.8. The number of rotatable bonds is 11. The van der Waals surface area contributed by atoms with E-state index in [2.05, 4.69) is 10.6 Å². The van der Waals surface area contributed by atoms with Crippen LogP contribution in [0.5, 0.6) is 0 Å². The van der Waals surface area contributed by atoms with E-state index in [4.69, 9.17) is 20.4 Å². The minimum atomic E-state index is -1.59. The number of nitrogens with one attached hydrogen (secondary N) is 2. The Balaban J connectivity index is -0.00000180. The molecule has 12 heteroatoms. The van der Waals surface area contributed by atoms with Crippen LogP contribution < -0.4 is 10.6 Å². The number of carboxylic acid groups (broad SMARTS) is 4. The van der Waals surface area contributed by atoms with Gasteiger partial charge in [-0.3, -0.25) is 24.5 Å². The molecule has 22 heavy (non-hydrogen) atoms. The van der Waals surface area contributed by atoms with Crippen LogP contribution in [0.25, 0.3) is 0 Å². The van der Waals surface area contributed by atoms with Gasteiger partial charge in [-0.25, -0.2) is 0 Å². The average Bonchev–Trinajstić information content (AvgIpc) is 2.24. The molecule has 0 saturated carbocycles. The van der Waals surface area contributed by atoms with Crippen molar-refractivity contribution in [1.82, 2.24) is 10.6 Å². The van der Waals surface area contributed by atoms with Gasteiger partial charge in [-0.15, -0.1) is 0 Å². The maximum absolute atomic E-state index is 10.8. The Bertz CT molecular complexity index is 381. The summed E-state index contributed by atoms with van der Waals surface area (Å²) in [7, 11) is 0. The molecule has 0 unspecified atom stereocenters. The molecular weight excluding hydrogens is 308 g/mol. The molecule has 0 aliphatic rings. The van der Waals surface area contributed by atoms with Crippen LogP contribution in [0.1, 0.15) is 12.8 Å². The van der Waals surface area contributed by atoms with E-state index in [0.29, 0.717) is 0 Å². The van der Waals surface area contributed by atoms with Gasteiger partial charge in [-0.1, -0.05) is 0 Å². The fraction of sp³-hybridized carbons (Fsp3) is 0.600. The topological polar surface area (TPSA) is 236 Å². The molecule has 0 heterocycles. The predicted octanol–water partition coefficient (Wildman–Crippen LogP) is -3.63. The smallest absolute Gasteiger partial charge is 0.317 e. The first-order valence-corrected chi connectivity index (χ1v) is 5.50. The Morgan fingerprint density at radius 2 is 1.14 bits per heavy atom. The Morgan fingerprint density at radius 3 is 1.45 bits per heavy atom. The summed E-state index contributed by atoms with van der Waals surface area (Å²) in [4.78, 5) is 42.5. The van der Waals surface area contributed by atoms with E-state index in [9.17, 15) is 19.2 Å². The molecule has 0 fully saturated rings. The maximum atomic E-state index is 10.8. The summed E-state index contributed by atoms with van der Waals surface area (Å²) >= 11 is 0. The van der Waals surface area contributed by atoms with E-state index in [0.717, 1.165) is 0 Å². The van der Waals surface area contributed by atoms with Gasteiger partial charge in [0.2, 0.25) is 0 Å². The van der Waals surface area contributed by atoms with Crippen molar-refractivity contribution in [1.29, 1.82) is 0 Å². The van der Waals surface area contributed by atoms with Gasteiger partial charge < -0.3 is 36.7 Å². The maximum Gasteiger partial charge on any atom is 0.317 e. The Labute approximate surface area is 124 Å². The van der Waals surface area contributed by atoms with Crippen molar-refractivity contribution in [3.63, 3.8) is 0 Å². The summed E-state index contributed by atoms with van der Waals surface area (Å²) in [5.41, 5.74) is -1.59. The molecule has 0 aromatic carbocycles. The van der Waals surface area contributed by atoms with Crippen LogP contribution in [0, 0.1) is 0 Å². The molecule has 0 aliphatic heterocycles. The van der Waals surface area contributed by atoms with Crippen molar-refractivity contribution < 1.29 is 50.6 Å². The first kappa shape index (κ1) is 24.7. The lowest BCUT2D eigenvalue weighted by molar-refractivity contribution is -0.144. The zero-order valence-corrected chi connectivity index (χ0v) is 11.5. The van der Waals surface area contributed by atoms with E-state index in [-0.39, 0.29) is 17.5 Å². The molecular formula is C10H20N2O10. The van der Waals surface area contributed by atoms with Crippen molar-refractivity contribution >= 4 is 23.9 Å². The molecule has 0 atom stereocenters. The number of aliphatic carboxylic acids is 4. The second-order valence-corrected chi connectivity index (χ2v) is 4.17. The summed E-state index contributed by atoms with van der Waals surface area (Å²) in [5.74, 6) is -5.16. The normalized spacial score (nSPS) is 10.0. The van der Waals surface area contributed by atoms with Crippen molar-refractivity contribution in [2.45, 2.75) is 18.4 Å². The highest BCUT2D eigenvalue weighted by molar-refractivity contribution is 5.74. The zero-order valence-electron chi connectivity index (χ0n) is 11.5. The molecule has 130 valence electrons. The van der Waals surface area contributed by atoms with Gasteiger partial charge in [0.15, 0.2) is 0 Å². The van der Waals surface area contributed by atoms with Crippen LogP contribution in [0.2, 0.25) is 0 Å². The molecule has 0 rings (SSSR count). The summed E-state index contributed by atoms with van der Waals surface area (Å²) < 4.78 is 0. The number of hydrogen-bond acceptors (Lipinski definition) is 6. The molecule has 0 aliphatic carbocycles.